The number of thioether (sulfide) groups is 2. The van der Waals surface area contributed by atoms with Crippen LogP contribution in [0.1, 0.15) is 16.7 Å². The lowest BCUT2D eigenvalue weighted by Gasteiger charge is -2.15. The van der Waals surface area contributed by atoms with E-state index in [1.165, 1.54) is 18.2 Å². The van der Waals surface area contributed by atoms with E-state index in [2.05, 4.69) is 5.32 Å². The summed E-state index contributed by atoms with van der Waals surface area (Å²) in [6.45, 7) is 3.14. The van der Waals surface area contributed by atoms with Gasteiger partial charge in [0.2, 0.25) is 5.91 Å². The summed E-state index contributed by atoms with van der Waals surface area (Å²) in [7, 11) is 0. The van der Waals surface area contributed by atoms with Crippen LogP contribution >= 0.6 is 23.5 Å². The lowest BCUT2D eigenvalue weighted by molar-refractivity contribution is -0.387. The number of nitro benzene ring substituents is 1. The maximum Gasteiger partial charge on any atom is 0.294 e. The maximum atomic E-state index is 12.7. The number of hydrogen-bond acceptors (Lipinski definition) is 8. The molecule has 3 amide bonds. The molecule has 11 heteroatoms. The van der Waals surface area contributed by atoms with Gasteiger partial charge >= 0.3 is 0 Å². The fourth-order valence-corrected chi connectivity index (χ4v) is 4.76. The van der Waals surface area contributed by atoms with Gasteiger partial charge in [0.1, 0.15) is 6.54 Å². The van der Waals surface area contributed by atoms with E-state index in [-0.39, 0.29) is 17.2 Å². The van der Waals surface area contributed by atoms with E-state index in [0.29, 0.717) is 33.7 Å². The minimum absolute atomic E-state index is 0.0740. The maximum absolute atomic E-state index is 12.7. The number of amides is 3. The van der Waals surface area contributed by atoms with Gasteiger partial charge in [-0.3, -0.25) is 29.4 Å². The van der Waals surface area contributed by atoms with Crippen LogP contribution in [0, 0.1) is 24.0 Å². The van der Waals surface area contributed by atoms with E-state index >= 15 is 0 Å². The van der Waals surface area contributed by atoms with Gasteiger partial charge in [-0.1, -0.05) is 24.3 Å². The fraction of sp³-hybridized carbons (Fsp3) is 0.227. The molecule has 1 aliphatic rings. The number of benzene rings is 2. The molecule has 33 heavy (non-hydrogen) atoms. The number of anilines is 1. The minimum Gasteiger partial charge on any atom is -0.396 e. The third-order valence-electron chi connectivity index (χ3n) is 4.75. The molecular weight excluding hydrogens is 466 g/mol. The Labute approximate surface area is 198 Å². The van der Waals surface area contributed by atoms with Crippen LogP contribution in [0.5, 0.6) is 0 Å². The van der Waals surface area contributed by atoms with Gasteiger partial charge in [-0.25, -0.2) is 0 Å². The first-order valence-corrected chi connectivity index (χ1v) is 11.6. The van der Waals surface area contributed by atoms with Crippen molar-refractivity contribution in [3.63, 3.8) is 0 Å². The van der Waals surface area contributed by atoms with Crippen molar-refractivity contribution in [3.05, 3.63) is 68.1 Å². The highest BCUT2D eigenvalue weighted by molar-refractivity contribution is 8.18. The Hall–Kier alpha value is -3.15. The number of carbonyl (C=O) groups is 3. The van der Waals surface area contributed by atoms with Crippen LogP contribution in [0.2, 0.25) is 0 Å². The molecule has 2 aromatic rings. The molecule has 1 aliphatic heterocycles. The van der Waals surface area contributed by atoms with Gasteiger partial charge in [0.25, 0.3) is 16.8 Å². The predicted molar refractivity (Wildman–Crippen MR) is 128 cm³/mol. The van der Waals surface area contributed by atoms with E-state index in [9.17, 15) is 24.5 Å². The Morgan fingerprint density at radius 3 is 2.58 bits per heavy atom. The largest absolute Gasteiger partial charge is 0.396 e. The first-order valence-electron chi connectivity index (χ1n) is 9.84. The highest BCUT2D eigenvalue weighted by Gasteiger charge is 2.36. The number of aryl methyl sites for hydroxylation is 2. The van der Waals surface area contributed by atoms with Crippen LogP contribution in [0.25, 0.3) is 6.08 Å². The molecule has 3 rings (SSSR count). The number of carbonyl (C=O) groups excluding carboxylic acids is 3. The van der Waals surface area contributed by atoms with Crippen LogP contribution < -0.4 is 5.32 Å². The molecule has 0 saturated carbocycles. The molecular formula is C22H21N3O6S2. The summed E-state index contributed by atoms with van der Waals surface area (Å²) >= 11 is 1.82. The Balaban J connectivity index is 1.76. The number of para-hydroxylation sites is 1. The smallest absolute Gasteiger partial charge is 0.294 e. The van der Waals surface area contributed by atoms with Gasteiger partial charge < -0.3 is 10.4 Å². The highest BCUT2D eigenvalue weighted by atomic mass is 32.2. The van der Waals surface area contributed by atoms with Crippen LogP contribution in [0.4, 0.5) is 16.2 Å². The quantitative estimate of drug-likeness (QED) is 0.248. The van der Waals surface area contributed by atoms with Gasteiger partial charge in [-0.05, 0) is 54.4 Å². The molecule has 0 aromatic heterocycles. The fourth-order valence-electron chi connectivity index (χ4n) is 3.17. The second-order valence-corrected chi connectivity index (χ2v) is 9.27. The van der Waals surface area contributed by atoms with E-state index in [1.54, 1.807) is 6.07 Å². The Bertz CT molecular complexity index is 1140. The number of aliphatic hydroxyl groups excluding tert-OH is 1. The summed E-state index contributed by atoms with van der Waals surface area (Å²) in [5.41, 5.74) is 2.57. The number of hydrogen-bond donors (Lipinski definition) is 2. The summed E-state index contributed by atoms with van der Waals surface area (Å²) in [5.74, 6) is -0.830. The zero-order chi connectivity index (χ0) is 24.1. The number of imide groups is 1. The van der Waals surface area contributed by atoms with Crippen molar-refractivity contribution in [1.29, 1.82) is 0 Å². The van der Waals surface area contributed by atoms with Crippen molar-refractivity contribution in [2.75, 3.05) is 24.2 Å². The molecule has 9 nitrogen and oxygen atoms in total. The van der Waals surface area contributed by atoms with Crippen molar-refractivity contribution in [1.82, 2.24) is 4.90 Å². The van der Waals surface area contributed by atoms with Gasteiger partial charge in [-0.2, -0.15) is 0 Å². The average molecular weight is 488 g/mol. The van der Waals surface area contributed by atoms with Crippen molar-refractivity contribution in [3.8, 4) is 0 Å². The zero-order valence-electron chi connectivity index (χ0n) is 17.9. The van der Waals surface area contributed by atoms with E-state index in [4.69, 9.17) is 5.11 Å². The first-order chi connectivity index (χ1) is 15.7. The molecule has 0 radical (unpaired) electrons. The highest BCUT2D eigenvalue weighted by Crippen LogP contribution is 2.35. The third-order valence-corrected chi connectivity index (χ3v) is 6.70. The van der Waals surface area contributed by atoms with E-state index in [1.807, 2.05) is 32.0 Å². The zero-order valence-corrected chi connectivity index (χ0v) is 19.5. The normalized spacial score (nSPS) is 14.8. The summed E-state index contributed by atoms with van der Waals surface area (Å²) in [5, 5.41) is 22.5. The average Bonchev–Trinajstić information content (AvgIpc) is 3.02. The third kappa shape index (κ3) is 5.81. The number of nitrogens with one attached hydrogen (secondary N) is 1. The minimum atomic E-state index is -0.636. The van der Waals surface area contributed by atoms with Crippen molar-refractivity contribution in [2.24, 2.45) is 0 Å². The summed E-state index contributed by atoms with van der Waals surface area (Å²) in [6.07, 6.45) is 1.39. The number of aliphatic hydroxyl groups is 1. The van der Waals surface area contributed by atoms with Gasteiger partial charge in [0.05, 0.1) is 21.3 Å². The molecule has 172 valence electrons. The number of rotatable bonds is 8. The molecule has 2 aromatic carbocycles. The monoisotopic (exact) mass is 487 g/mol. The molecule has 0 spiro atoms. The summed E-state index contributed by atoms with van der Waals surface area (Å²) in [4.78, 5) is 49.8. The number of nitrogens with zero attached hydrogens (tertiary/aromatic N) is 2. The Morgan fingerprint density at radius 1 is 1.24 bits per heavy atom. The van der Waals surface area contributed by atoms with Gasteiger partial charge in [0, 0.05) is 17.5 Å². The Morgan fingerprint density at radius 2 is 1.94 bits per heavy atom. The first kappa shape index (κ1) is 24.5. The molecule has 2 N–H and O–H groups in total. The lowest BCUT2D eigenvalue weighted by atomic mass is 10.1. The van der Waals surface area contributed by atoms with Crippen LogP contribution in [-0.4, -0.2) is 50.9 Å². The molecule has 0 aliphatic carbocycles. The van der Waals surface area contributed by atoms with E-state index < -0.39 is 28.5 Å². The van der Waals surface area contributed by atoms with Gasteiger partial charge in [0.15, 0.2) is 0 Å². The predicted octanol–water partition coefficient (Wildman–Crippen LogP) is 3.97. The standard InChI is InChI=1S/C22H21N3O6S2/c1-13-4-3-5-14(2)20(13)23-19(27)12-24-21(28)18(33-22(24)29)11-15-6-7-17(32-9-8-26)16(10-15)25(30)31/h3-7,10-11,26H,8-9,12H2,1-2H3,(H,23,27). The SMILES string of the molecule is Cc1cccc(C)c1NC(=O)CN1C(=O)SC(=Cc2ccc(SCCO)c([N+](=O)[O-])c2)C1=O. The molecule has 0 bridgehead atoms. The second-order valence-electron chi connectivity index (χ2n) is 7.14. The second kappa shape index (κ2) is 10.6. The molecule has 1 saturated heterocycles. The van der Waals surface area contributed by atoms with Crippen molar-refractivity contribution in [2.45, 2.75) is 18.7 Å². The van der Waals surface area contributed by atoms with Crippen molar-refractivity contribution >= 4 is 58.0 Å². The molecule has 0 atom stereocenters. The number of nitro groups is 1. The molecule has 1 fully saturated rings. The van der Waals surface area contributed by atoms with Crippen molar-refractivity contribution < 1.29 is 24.4 Å². The van der Waals surface area contributed by atoms with E-state index in [0.717, 1.165) is 27.8 Å². The van der Waals surface area contributed by atoms with Gasteiger partial charge in [-0.15, -0.1) is 11.8 Å². The summed E-state index contributed by atoms with van der Waals surface area (Å²) < 4.78 is 0. The molecule has 0 unspecified atom stereocenters. The Kier molecular flexibility index (Phi) is 7.90. The molecule has 1 heterocycles. The topological polar surface area (TPSA) is 130 Å². The lowest BCUT2D eigenvalue weighted by Crippen LogP contribution is -2.36. The summed E-state index contributed by atoms with van der Waals surface area (Å²) in [6, 6.07) is 9.99. The van der Waals surface area contributed by atoms with Crippen LogP contribution in [0.15, 0.2) is 46.2 Å². The van der Waals surface area contributed by atoms with Crippen LogP contribution in [0.3, 0.4) is 0 Å². The van der Waals surface area contributed by atoms with Crippen LogP contribution in [-0.2, 0) is 9.59 Å².